The number of carboxylic acid groups (broad SMARTS) is 1. The Hall–Kier alpha value is -1.69. The van der Waals surface area contributed by atoms with Gasteiger partial charge in [0, 0.05) is 19.7 Å². The lowest BCUT2D eigenvalue weighted by Crippen LogP contribution is -2.29. The topological polar surface area (TPSA) is 49.8 Å². The van der Waals surface area contributed by atoms with E-state index in [1.807, 2.05) is 6.92 Å². The summed E-state index contributed by atoms with van der Waals surface area (Å²) in [4.78, 5) is 12.2. The number of likely N-dealkylation sites (N-methyl/N-ethyl adjacent to an activating group) is 1. The first-order valence-electron chi connectivity index (χ1n) is 6.06. The molecule has 0 aliphatic heterocycles. The van der Waals surface area contributed by atoms with Crippen molar-refractivity contribution in [2.45, 2.75) is 13.8 Å². The molecule has 4 nitrogen and oxygen atoms in total. The van der Waals surface area contributed by atoms with Crippen LogP contribution in [0.15, 0.2) is 12.1 Å². The zero-order valence-corrected chi connectivity index (χ0v) is 10.9. The normalized spacial score (nSPS) is 10.5. The van der Waals surface area contributed by atoms with Gasteiger partial charge >= 0.3 is 5.97 Å². The fraction of sp³-hybridized carbons (Fsp3) is 0.462. The van der Waals surface area contributed by atoms with Gasteiger partial charge in [0.05, 0.1) is 12.2 Å². The van der Waals surface area contributed by atoms with Crippen LogP contribution in [0.5, 0.6) is 0 Å². The fourth-order valence-corrected chi connectivity index (χ4v) is 1.74. The molecule has 0 aromatic heterocycles. The number of halogens is 2. The van der Waals surface area contributed by atoms with Gasteiger partial charge in [0.15, 0.2) is 0 Å². The number of rotatable bonds is 7. The molecule has 6 heteroatoms. The summed E-state index contributed by atoms with van der Waals surface area (Å²) in [5.41, 5.74) is -0.619. The van der Waals surface area contributed by atoms with E-state index in [0.717, 1.165) is 12.1 Å². The third kappa shape index (κ3) is 3.89. The summed E-state index contributed by atoms with van der Waals surface area (Å²) in [7, 11) is 0. The Morgan fingerprint density at radius 2 is 1.89 bits per heavy atom. The van der Waals surface area contributed by atoms with Crippen LogP contribution in [0.1, 0.15) is 24.2 Å². The molecule has 0 amide bonds. The Morgan fingerprint density at radius 3 is 2.32 bits per heavy atom. The Balaban J connectivity index is 3.00. The smallest absolute Gasteiger partial charge is 0.335 e. The van der Waals surface area contributed by atoms with Crippen molar-refractivity contribution in [3.8, 4) is 0 Å². The van der Waals surface area contributed by atoms with Crippen molar-refractivity contribution in [3.05, 3.63) is 29.3 Å². The van der Waals surface area contributed by atoms with Gasteiger partial charge < -0.3 is 14.7 Å². The zero-order chi connectivity index (χ0) is 14.4. The molecule has 0 atom stereocenters. The number of anilines is 1. The van der Waals surface area contributed by atoms with Crippen LogP contribution in [-0.4, -0.2) is 37.4 Å². The summed E-state index contributed by atoms with van der Waals surface area (Å²) in [6.07, 6.45) is 0. The first kappa shape index (κ1) is 15.4. The summed E-state index contributed by atoms with van der Waals surface area (Å²) >= 11 is 0. The van der Waals surface area contributed by atoms with Crippen molar-refractivity contribution in [1.29, 1.82) is 0 Å². The van der Waals surface area contributed by atoms with Crippen molar-refractivity contribution in [3.63, 3.8) is 0 Å². The summed E-state index contributed by atoms with van der Waals surface area (Å²) in [5, 5.41) is 8.73. The average Bonchev–Trinajstić information content (AvgIpc) is 2.35. The number of nitrogens with zero attached hydrogens (tertiary/aromatic N) is 1. The van der Waals surface area contributed by atoms with E-state index in [-0.39, 0.29) is 5.69 Å². The quantitative estimate of drug-likeness (QED) is 0.776. The van der Waals surface area contributed by atoms with Crippen molar-refractivity contribution in [1.82, 2.24) is 0 Å². The van der Waals surface area contributed by atoms with Gasteiger partial charge in [-0.15, -0.1) is 0 Å². The lowest BCUT2D eigenvalue weighted by atomic mass is 10.1. The SMILES string of the molecule is CCOCCN(CC)c1c(F)cc(C(=O)O)cc1F. The molecule has 0 radical (unpaired) electrons. The maximum absolute atomic E-state index is 13.8. The second kappa shape index (κ2) is 7.04. The molecule has 1 rings (SSSR count). The molecule has 0 unspecified atom stereocenters. The number of aromatic carboxylic acids is 1. The van der Waals surface area contributed by atoms with Crippen LogP contribution in [0.2, 0.25) is 0 Å². The second-order valence-corrected chi connectivity index (χ2v) is 3.87. The number of hydrogen-bond donors (Lipinski definition) is 1. The molecule has 0 fully saturated rings. The highest BCUT2D eigenvalue weighted by Crippen LogP contribution is 2.25. The Labute approximate surface area is 110 Å². The summed E-state index contributed by atoms with van der Waals surface area (Å²) < 4.78 is 32.8. The van der Waals surface area contributed by atoms with Gasteiger partial charge in [-0.3, -0.25) is 0 Å². The largest absolute Gasteiger partial charge is 0.478 e. The number of benzene rings is 1. The summed E-state index contributed by atoms with van der Waals surface area (Å²) in [5.74, 6) is -3.12. The molecular weight excluding hydrogens is 256 g/mol. The molecule has 0 bridgehead atoms. The van der Waals surface area contributed by atoms with Crippen LogP contribution in [0.3, 0.4) is 0 Å². The molecule has 0 spiro atoms. The van der Waals surface area contributed by atoms with Gasteiger partial charge in [0.25, 0.3) is 0 Å². The molecule has 1 N–H and O–H groups in total. The van der Waals surface area contributed by atoms with E-state index < -0.39 is 23.2 Å². The molecule has 1 aromatic rings. The van der Waals surface area contributed by atoms with Gasteiger partial charge in [-0.05, 0) is 26.0 Å². The van der Waals surface area contributed by atoms with Crippen LogP contribution < -0.4 is 4.90 Å². The van der Waals surface area contributed by atoms with Crippen LogP contribution in [0.25, 0.3) is 0 Å². The highest BCUT2D eigenvalue weighted by atomic mass is 19.1. The van der Waals surface area contributed by atoms with Gasteiger partial charge in [-0.25, -0.2) is 13.6 Å². The Kier molecular flexibility index (Phi) is 5.69. The minimum Gasteiger partial charge on any atom is -0.478 e. The third-order valence-corrected chi connectivity index (χ3v) is 2.67. The van der Waals surface area contributed by atoms with E-state index in [4.69, 9.17) is 9.84 Å². The number of carbonyl (C=O) groups is 1. The first-order chi connectivity index (χ1) is 9.01. The molecule has 0 aliphatic rings. The van der Waals surface area contributed by atoms with E-state index in [1.165, 1.54) is 4.90 Å². The molecule has 1 aromatic carbocycles. The van der Waals surface area contributed by atoms with Crippen LogP contribution >= 0.6 is 0 Å². The zero-order valence-electron chi connectivity index (χ0n) is 10.9. The van der Waals surface area contributed by atoms with E-state index in [9.17, 15) is 13.6 Å². The van der Waals surface area contributed by atoms with Gasteiger partial charge in [-0.1, -0.05) is 0 Å². The van der Waals surface area contributed by atoms with Crippen LogP contribution in [-0.2, 0) is 4.74 Å². The molecule has 19 heavy (non-hydrogen) atoms. The van der Waals surface area contributed by atoms with E-state index >= 15 is 0 Å². The molecule has 0 saturated carbocycles. The minimum atomic E-state index is -1.36. The first-order valence-corrected chi connectivity index (χ1v) is 6.06. The molecule has 0 saturated heterocycles. The standard InChI is InChI=1S/C13H17F2NO3/c1-3-16(5-6-19-4-2)12-10(14)7-9(13(17)18)8-11(12)15/h7-8H,3-6H2,1-2H3,(H,17,18). The molecule has 106 valence electrons. The van der Waals surface area contributed by atoms with Crippen molar-refractivity contribution < 1.29 is 23.4 Å². The maximum Gasteiger partial charge on any atom is 0.335 e. The summed E-state index contributed by atoms with van der Waals surface area (Å²) in [6.45, 7) is 5.21. The number of ether oxygens (including phenoxy) is 1. The van der Waals surface area contributed by atoms with Crippen LogP contribution in [0, 0.1) is 11.6 Å². The van der Waals surface area contributed by atoms with Crippen molar-refractivity contribution in [2.24, 2.45) is 0 Å². The highest BCUT2D eigenvalue weighted by molar-refractivity contribution is 5.88. The maximum atomic E-state index is 13.8. The monoisotopic (exact) mass is 273 g/mol. The van der Waals surface area contributed by atoms with E-state index in [2.05, 4.69) is 0 Å². The van der Waals surface area contributed by atoms with Gasteiger partial charge in [-0.2, -0.15) is 0 Å². The minimum absolute atomic E-state index is 0.216. The number of carboxylic acids is 1. The Bertz CT molecular complexity index is 429. The summed E-state index contributed by atoms with van der Waals surface area (Å²) in [6, 6.07) is 1.65. The molecule has 0 aliphatic carbocycles. The number of hydrogen-bond acceptors (Lipinski definition) is 3. The lowest BCUT2D eigenvalue weighted by Gasteiger charge is -2.24. The lowest BCUT2D eigenvalue weighted by molar-refractivity contribution is 0.0695. The van der Waals surface area contributed by atoms with E-state index in [1.54, 1.807) is 6.92 Å². The predicted molar refractivity (Wildman–Crippen MR) is 67.7 cm³/mol. The third-order valence-electron chi connectivity index (χ3n) is 2.67. The second-order valence-electron chi connectivity index (χ2n) is 3.87. The van der Waals surface area contributed by atoms with Crippen LogP contribution in [0.4, 0.5) is 14.5 Å². The average molecular weight is 273 g/mol. The van der Waals surface area contributed by atoms with Crippen molar-refractivity contribution >= 4 is 11.7 Å². The van der Waals surface area contributed by atoms with Crippen molar-refractivity contribution in [2.75, 3.05) is 31.2 Å². The van der Waals surface area contributed by atoms with Gasteiger partial charge in [0.1, 0.15) is 17.3 Å². The predicted octanol–water partition coefficient (Wildman–Crippen LogP) is 2.53. The van der Waals surface area contributed by atoms with E-state index in [0.29, 0.717) is 26.3 Å². The van der Waals surface area contributed by atoms with Gasteiger partial charge in [0.2, 0.25) is 0 Å². The molecule has 0 heterocycles. The fourth-order valence-electron chi connectivity index (χ4n) is 1.74. The highest BCUT2D eigenvalue weighted by Gasteiger charge is 2.19. The molecular formula is C13H17F2NO3. The Morgan fingerprint density at radius 1 is 1.32 bits per heavy atom.